The zero-order chi connectivity index (χ0) is 74.2. The highest BCUT2D eigenvalue weighted by atomic mass is 15.2. The number of anilines is 6. The van der Waals surface area contributed by atoms with Gasteiger partial charge in [-0.1, -0.05) is 288 Å². The minimum atomic E-state index is -0.180. The second kappa shape index (κ2) is 24.4. The molecule has 4 nitrogen and oxygen atoms in total. The number of nitrogens with zero attached hydrogens (tertiary/aromatic N) is 4. The number of para-hydroxylation sites is 2. The van der Waals surface area contributed by atoms with E-state index in [0.717, 1.165) is 63.7 Å². The summed E-state index contributed by atoms with van der Waals surface area (Å²) in [6.07, 6.45) is 4.69. The predicted molar refractivity (Wildman–Crippen MR) is 466 cm³/mol. The Kier molecular flexibility index (Phi) is 15.0. The van der Waals surface area contributed by atoms with Gasteiger partial charge in [-0.3, -0.25) is 0 Å². The molecule has 2 aliphatic carbocycles. The summed E-state index contributed by atoms with van der Waals surface area (Å²) < 4.78 is 5.08. The molecule has 0 radical (unpaired) electrons. The van der Waals surface area contributed by atoms with Crippen LogP contribution in [0.25, 0.3) is 111 Å². The zero-order valence-corrected chi connectivity index (χ0v) is 64.6. The van der Waals surface area contributed by atoms with E-state index >= 15 is 0 Å². The van der Waals surface area contributed by atoms with Gasteiger partial charge in [0.2, 0.25) is 0 Å². The van der Waals surface area contributed by atoms with Gasteiger partial charge in [0.25, 0.3) is 6.71 Å². The summed E-state index contributed by atoms with van der Waals surface area (Å²) >= 11 is 0. The SMILES string of the molecule is CC(C)(C)c1ccccc1-c1ccc2c(c1)N(c1ccc(-c3ccc4c(c3)C(C)(C)CCC4(C)C)cc1)c1cc(-n3c4ccc(-c5ccccc5)cc4c4cc(-c5ccccc5)ccc43)cc3c1B2c1ccc(-n2c4ccccc4c4ccccc42)cc1N3c1ccc(-c2ccc3c(c2)C(C)(C)CCC3(C)C)cc1. The number of fused-ring (bicyclic) bond motifs is 12. The number of benzene rings is 14. The summed E-state index contributed by atoms with van der Waals surface area (Å²) in [5.74, 6) is 0. The van der Waals surface area contributed by atoms with Gasteiger partial charge in [-0.25, -0.2) is 0 Å². The summed E-state index contributed by atoms with van der Waals surface area (Å²) in [5.41, 5.74) is 37.0. The Morgan fingerprint density at radius 3 is 1.12 bits per heavy atom. The van der Waals surface area contributed by atoms with Crippen molar-refractivity contribution in [2.24, 2.45) is 0 Å². The van der Waals surface area contributed by atoms with Crippen molar-refractivity contribution in [1.29, 1.82) is 0 Å². The normalized spacial score (nSPS) is 15.8. The Hall–Kier alpha value is -11.7. The van der Waals surface area contributed by atoms with Crippen LogP contribution < -0.4 is 26.2 Å². The van der Waals surface area contributed by atoms with Crippen LogP contribution >= 0.6 is 0 Å². The molecule has 530 valence electrons. The predicted octanol–water partition coefficient (Wildman–Crippen LogP) is 26.3. The van der Waals surface area contributed by atoms with Crippen LogP contribution in [0.5, 0.6) is 0 Å². The van der Waals surface area contributed by atoms with Gasteiger partial charge in [0.1, 0.15) is 0 Å². The number of hydrogen-bond donors (Lipinski definition) is 0. The quantitative estimate of drug-likeness (QED) is 0.134. The zero-order valence-electron chi connectivity index (χ0n) is 64.6. The van der Waals surface area contributed by atoms with Crippen molar-refractivity contribution in [2.45, 2.75) is 129 Å². The molecule has 0 unspecified atom stereocenters. The molecule has 0 atom stereocenters. The molecule has 16 aromatic rings. The Morgan fingerprint density at radius 2 is 0.624 bits per heavy atom. The van der Waals surface area contributed by atoms with E-state index in [9.17, 15) is 0 Å². The highest BCUT2D eigenvalue weighted by Gasteiger charge is 2.46. The van der Waals surface area contributed by atoms with Crippen LogP contribution in [-0.2, 0) is 27.1 Å². The van der Waals surface area contributed by atoms with Gasteiger partial charge in [-0.2, -0.15) is 0 Å². The van der Waals surface area contributed by atoms with Crippen molar-refractivity contribution in [3.05, 3.63) is 331 Å². The molecule has 4 aliphatic rings. The molecule has 14 aromatic carbocycles. The van der Waals surface area contributed by atoms with Crippen LogP contribution in [0.1, 0.15) is 130 Å². The van der Waals surface area contributed by atoms with E-state index in [1.54, 1.807) is 0 Å². The molecule has 0 N–H and O–H groups in total. The first-order valence-electron chi connectivity index (χ1n) is 39.5. The van der Waals surface area contributed by atoms with Crippen molar-refractivity contribution in [3.63, 3.8) is 0 Å². The lowest BCUT2D eigenvalue weighted by Gasteiger charge is -2.45. The smallest absolute Gasteiger partial charge is 0.252 e. The Labute approximate surface area is 642 Å². The van der Waals surface area contributed by atoms with Gasteiger partial charge >= 0.3 is 0 Å². The van der Waals surface area contributed by atoms with Gasteiger partial charge in [0.15, 0.2) is 0 Å². The molecule has 2 aromatic heterocycles. The van der Waals surface area contributed by atoms with E-state index in [1.165, 1.54) is 151 Å². The molecular formula is C104H91BN4. The van der Waals surface area contributed by atoms with Crippen LogP contribution in [0, 0.1) is 0 Å². The van der Waals surface area contributed by atoms with E-state index < -0.39 is 0 Å². The van der Waals surface area contributed by atoms with Crippen LogP contribution in [0.4, 0.5) is 34.1 Å². The minimum Gasteiger partial charge on any atom is -0.311 e. The summed E-state index contributed by atoms with van der Waals surface area (Å²) in [4.78, 5) is 5.29. The van der Waals surface area contributed by atoms with Crippen LogP contribution in [0.2, 0.25) is 0 Å². The third-order valence-corrected chi connectivity index (χ3v) is 25.8. The Morgan fingerprint density at radius 1 is 0.266 bits per heavy atom. The number of rotatable bonds is 9. The van der Waals surface area contributed by atoms with Gasteiger partial charge < -0.3 is 18.9 Å². The van der Waals surface area contributed by atoms with Crippen molar-refractivity contribution < 1.29 is 0 Å². The highest BCUT2D eigenvalue weighted by molar-refractivity contribution is 7.00. The van der Waals surface area contributed by atoms with Crippen molar-refractivity contribution in [2.75, 3.05) is 9.80 Å². The maximum absolute atomic E-state index is 2.64. The molecule has 0 saturated carbocycles. The molecule has 0 fully saturated rings. The largest absolute Gasteiger partial charge is 0.311 e. The van der Waals surface area contributed by atoms with Gasteiger partial charge in [0, 0.05) is 61.4 Å². The third kappa shape index (κ3) is 10.7. The first kappa shape index (κ1) is 66.8. The maximum Gasteiger partial charge on any atom is 0.252 e. The summed E-state index contributed by atoms with van der Waals surface area (Å²) in [6, 6.07) is 117. The average Bonchev–Trinajstić information content (AvgIpc) is 1.37. The van der Waals surface area contributed by atoms with Crippen molar-refractivity contribution >= 4 is 101 Å². The molecule has 0 saturated heterocycles. The van der Waals surface area contributed by atoms with Crippen molar-refractivity contribution in [3.8, 4) is 67.0 Å². The van der Waals surface area contributed by atoms with Gasteiger partial charge in [-0.05, 0) is 244 Å². The highest BCUT2D eigenvalue weighted by Crippen LogP contribution is 2.53. The van der Waals surface area contributed by atoms with Crippen molar-refractivity contribution in [1.82, 2.24) is 9.13 Å². The average molecular weight is 1410 g/mol. The topological polar surface area (TPSA) is 16.3 Å². The second-order valence-corrected chi connectivity index (χ2v) is 35.4. The maximum atomic E-state index is 2.64. The lowest BCUT2D eigenvalue weighted by Crippen LogP contribution is -2.61. The lowest BCUT2D eigenvalue weighted by atomic mass is 9.33. The molecule has 0 amide bonds. The standard InChI is InChI=1S/C104H91BN4/c1-100(2,3)84-31-21-18-28-79(84)74-40-50-89-95(62-74)106(75-43-34-68(35-44-75)72-38-48-85-87(60-72)103(8,9)56-54-101(85,4)5)97-64-78(109-93-52-41-70(66-24-14-12-15-25-66)58-82(93)83-59-71(42-53-94(83)109)67-26-16-13-17-27-67)65-98-99(97)105(89)90-51-47-77(108-91-32-22-19-29-80(91)81-30-20-23-33-92(81)108)63-96(90)107(98)76-45-36-69(37-46-76)73-39-49-86-88(61-73)104(10,11)57-55-102(86,6)7/h12-53,58-65H,54-57H2,1-11H3. The molecule has 0 spiro atoms. The Bertz CT molecular complexity index is 6240. The molecular weight excluding hydrogens is 1320 g/mol. The van der Waals surface area contributed by atoms with Gasteiger partial charge in [-0.15, -0.1) is 0 Å². The van der Waals surface area contributed by atoms with Gasteiger partial charge in [0.05, 0.1) is 27.8 Å². The molecule has 109 heavy (non-hydrogen) atoms. The molecule has 0 bridgehead atoms. The molecule has 20 rings (SSSR count). The fraction of sp³-hybridized carbons (Fsp3) is 0.192. The van der Waals surface area contributed by atoms with E-state index in [-0.39, 0.29) is 33.8 Å². The molecule has 5 heteroatoms. The number of aromatic nitrogens is 2. The first-order chi connectivity index (χ1) is 52.6. The first-order valence-corrected chi connectivity index (χ1v) is 39.5. The summed E-state index contributed by atoms with van der Waals surface area (Å²) in [5, 5.41) is 4.89. The molecule has 4 heterocycles. The van der Waals surface area contributed by atoms with Crippen LogP contribution in [0.15, 0.2) is 303 Å². The number of hydrogen-bond acceptors (Lipinski definition) is 2. The third-order valence-electron chi connectivity index (χ3n) is 25.8. The van der Waals surface area contributed by atoms with Crippen LogP contribution in [0.3, 0.4) is 0 Å². The Balaban J connectivity index is 0.882. The summed E-state index contributed by atoms with van der Waals surface area (Å²) in [6.45, 7) is 26.3. The van der Waals surface area contributed by atoms with E-state index in [4.69, 9.17) is 0 Å². The van der Waals surface area contributed by atoms with E-state index in [1.807, 2.05) is 0 Å². The van der Waals surface area contributed by atoms with E-state index in [0.29, 0.717) is 0 Å². The minimum absolute atomic E-state index is 0.0708. The monoisotopic (exact) mass is 1410 g/mol. The molecule has 2 aliphatic heterocycles. The second-order valence-electron chi connectivity index (χ2n) is 35.4. The van der Waals surface area contributed by atoms with E-state index in [2.05, 4.69) is 398 Å². The fourth-order valence-electron chi connectivity index (χ4n) is 19.6. The summed E-state index contributed by atoms with van der Waals surface area (Å²) in [7, 11) is 0. The lowest BCUT2D eigenvalue weighted by molar-refractivity contribution is 0.332. The van der Waals surface area contributed by atoms with Crippen LogP contribution in [-0.4, -0.2) is 15.8 Å². The fourth-order valence-corrected chi connectivity index (χ4v) is 19.6.